The predicted octanol–water partition coefficient (Wildman–Crippen LogP) is 2.13. The zero-order valence-electron chi connectivity index (χ0n) is 11.8. The summed E-state index contributed by atoms with van der Waals surface area (Å²) in [6.45, 7) is 4.48. The van der Waals surface area contributed by atoms with Gasteiger partial charge in [-0.25, -0.2) is 0 Å². The van der Waals surface area contributed by atoms with Gasteiger partial charge in [-0.05, 0) is 56.4 Å². The second-order valence-electron chi connectivity index (χ2n) is 6.41. The molecule has 3 rings (SSSR count). The van der Waals surface area contributed by atoms with Crippen LogP contribution in [0.2, 0.25) is 0 Å². The Labute approximate surface area is 114 Å². The highest BCUT2D eigenvalue weighted by molar-refractivity contribution is 5.75. The minimum absolute atomic E-state index is 0.0818. The molecule has 2 bridgehead atoms. The first-order chi connectivity index (χ1) is 9.11. The van der Waals surface area contributed by atoms with Crippen molar-refractivity contribution in [3.05, 3.63) is 18.0 Å². The number of hydrogen-bond acceptors (Lipinski definition) is 2. The summed E-state index contributed by atoms with van der Waals surface area (Å²) >= 11 is 0. The average molecular weight is 261 g/mol. The summed E-state index contributed by atoms with van der Waals surface area (Å²) in [7, 11) is 0. The van der Waals surface area contributed by atoms with Gasteiger partial charge in [-0.1, -0.05) is 6.42 Å². The first kappa shape index (κ1) is 12.7. The Morgan fingerprint density at radius 2 is 2.37 bits per heavy atom. The SMILES string of the molecule is Cc1cnn(CC(=O)N[C@@H](C)[C@@H]2C[C@@H]3CC[C@@H]2C3)c1. The van der Waals surface area contributed by atoms with Crippen LogP contribution in [-0.2, 0) is 11.3 Å². The molecule has 104 valence electrons. The molecule has 0 aliphatic heterocycles. The van der Waals surface area contributed by atoms with E-state index in [1.165, 1.54) is 25.7 Å². The van der Waals surface area contributed by atoms with Crippen LogP contribution >= 0.6 is 0 Å². The quantitative estimate of drug-likeness (QED) is 0.902. The van der Waals surface area contributed by atoms with Crippen LogP contribution in [0.5, 0.6) is 0 Å². The van der Waals surface area contributed by atoms with Crippen molar-refractivity contribution >= 4 is 5.91 Å². The van der Waals surface area contributed by atoms with Crippen LogP contribution in [-0.4, -0.2) is 21.7 Å². The van der Waals surface area contributed by atoms with E-state index >= 15 is 0 Å². The number of nitrogens with zero attached hydrogens (tertiary/aromatic N) is 2. The second kappa shape index (κ2) is 4.99. The fourth-order valence-corrected chi connectivity index (χ4v) is 4.01. The monoisotopic (exact) mass is 261 g/mol. The number of aryl methyl sites for hydroxylation is 1. The summed E-state index contributed by atoms with van der Waals surface area (Å²) in [5, 5.41) is 7.32. The van der Waals surface area contributed by atoms with E-state index < -0.39 is 0 Å². The van der Waals surface area contributed by atoms with Crippen LogP contribution < -0.4 is 5.32 Å². The van der Waals surface area contributed by atoms with E-state index in [0.29, 0.717) is 18.5 Å². The number of carbonyl (C=O) groups is 1. The number of aromatic nitrogens is 2. The third kappa shape index (κ3) is 2.67. The minimum Gasteiger partial charge on any atom is -0.352 e. The normalized spacial score (nSPS) is 30.5. The molecule has 2 saturated carbocycles. The zero-order chi connectivity index (χ0) is 13.4. The van der Waals surface area contributed by atoms with Gasteiger partial charge in [0.15, 0.2) is 0 Å². The molecule has 0 spiro atoms. The molecule has 0 unspecified atom stereocenters. The van der Waals surface area contributed by atoms with Crippen molar-refractivity contribution in [3.8, 4) is 0 Å². The number of carbonyl (C=O) groups excluding carboxylic acids is 1. The molecule has 0 aromatic carbocycles. The van der Waals surface area contributed by atoms with E-state index in [2.05, 4.69) is 17.3 Å². The smallest absolute Gasteiger partial charge is 0.241 e. The van der Waals surface area contributed by atoms with Gasteiger partial charge in [0.1, 0.15) is 6.54 Å². The van der Waals surface area contributed by atoms with Crippen LogP contribution in [0.4, 0.5) is 0 Å². The molecule has 4 heteroatoms. The Morgan fingerprint density at radius 3 is 2.95 bits per heavy atom. The third-order valence-corrected chi connectivity index (χ3v) is 4.89. The molecule has 1 N–H and O–H groups in total. The highest BCUT2D eigenvalue weighted by Gasteiger charge is 2.42. The van der Waals surface area contributed by atoms with Gasteiger partial charge in [0.2, 0.25) is 5.91 Å². The van der Waals surface area contributed by atoms with Gasteiger partial charge in [0, 0.05) is 12.2 Å². The molecule has 1 aromatic rings. The van der Waals surface area contributed by atoms with Crippen molar-refractivity contribution in [2.75, 3.05) is 0 Å². The highest BCUT2D eigenvalue weighted by Crippen LogP contribution is 2.49. The van der Waals surface area contributed by atoms with Gasteiger partial charge < -0.3 is 5.32 Å². The molecule has 4 atom stereocenters. The molecule has 1 aromatic heterocycles. The number of fused-ring (bicyclic) bond motifs is 2. The topological polar surface area (TPSA) is 46.9 Å². The van der Waals surface area contributed by atoms with Gasteiger partial charge in [-0.15, -0.1) is 0 Å². The van der Waals surface area contributed by atoms with E-state index in [-0.39, 0.29) is 5.91 Å². The van der Waals surface area contributed by atoms with Crippen molar-refractivity contribution in [3.63, 3.8) is 0 Å². The van der Waals surface area contributed by atoms with Gasteiger partial charge in [-0.3, -0.25) is 9.48 Å². The molecule has 2 fully saturated rings. The lowest BCUT2D eigenvalue weighted by atomic mass is 9.84. The van der Waals surface area contributed by atoms with Crippen LogP contribution in [0.3, 0.4) is 0 Å². The van der Waals surface area contributed by atoms with Gasteiger partial charge in [-0.2, -0.15) is 5.10 Å². The van der Waals surface area contributed by atoms with E-state index in [1.807, 2.05) is 13.1 Å². The van der Waals surface area contributed by atoms with Crippen LogP contribution in [0.15, 0.2) is 12.4 Å². The number of amides is 1. The van der Waals surface area contributed by atoms with E-state index in [9.17, 15) is 4.79 Å². The summed E-state index contributed by atoms with van der Waals surface area (Å²) in [6, 6.07) is 0.305. The Kier molecular flexibility index (Phi) is 3.33. The first-order valence-electron chi connectivity index (χ1n) is 7.40. The number of rotatable bonds is 4. The summed E-state index contributed by atoms with van der Waals surface area (Å²) in [6.07, 6.45) is 9.17. The highest BCUT2D eigenvalue weighted by atomic mass is 16.2. The maximum absolute atomic E-state index is 12.0. The Hall–Kier alpha value is -1.32. The number of hydrogen-bond donors (Lipinski definition) is 1. The lowest BCUT2D eigenvalue weighted by Crippen LogP contribution is -2.41. The molecule has 2 aliphatic carbocycles. The van der Waals surface area contributed by atoms with Crippen molar-refractivity contribution < 1.29 is 4.79 Å². The summed E-state index contributed by atoms with van der Waals surface area (Å²) < 4.78 is 1.71. The van der Waals surface area contributed by atoms with Crippen molar-refractivity contribution in [2.24, 2.45) is 17.8 Å². The summed E-state index contributed by atoms with van der Waals surface area (Å²) in [5.41, 5.74) is 1.09. The molecular weight excluding hydrogens is 238 g/mol. The van der Waals surface area contributed by atoms with Crippen LogP contribution in [0.1, 0.15) is 38.2 Å². The second-order valence-corrected chi connectivity index (χ2v) is 6.41. The van der Waals surface area contributed by atoms with Crippen molar-refractivity contribution in [1.82, 2.24) is 15.1 Å². The molecule has 0 radical (unpaired) electrons. The lowest BCUT2D eigenvalue weighted by molar-refractivity contribution is -0.122. The van der Waals surface area contributed by atoms with Gasteiger partial charge in [0.05, 0.1) is 6.20 Å². The molecular formula is C15H23N3O. The van der Waals surface area contributed by atoms with Crippen LogP contribution in [0.25, 0.3) is 0 Å². The molecule has 1 amide bonds. The van der Waals surface area contributed by atoms with Gasteiger partial charge >= 0.3 is 0 Å². The van der Waals surface area contributed by atoms with Crippen molar-refractivity contribution in [2.45, 2.75) is 52.1 Å². The first-order valence-corrected chi connectivity index (χ1v) is 7.40. The maximum Gasteiger partial charge on any atom is 0.241 e. The van der Waals surface area contributed by atoms with Gasteiger partial charge in [0.25, 0.3) is 0 Å². The fraction of sp³-hybridized carbons (Fsp3) is 0.733. The molecule has 0 saturated heterocycles. The Balaban J connectivity index is 1.52. The molecule has 4 nitrogen and oxygen atoms in total. The fourth-order valence-electron chi connectivity index (χ4n) is 4.01. The van der Waals surface area contributed by atoms with E-state index in [0.717, 1.165) is 17.4 Å². The predicted molar refractivity (Wildman–Crippen MR) is 73.5 cm³/mol. The minimum atomic E-state index is 0.0818. The maximum atomic E-state index is 12.0. The third-order valence-electron chi connectivity index (χ3n) is 4.89. The standard InChI is InChI=1S/C15H23N3O/c1-10-7-16-18(8-10)9-15(19)17-11(2)14-6-12-3-4-13(14)5-12/h7-8,11-14H,3-6,9H2,1-2H3,(H,17,19)/t11-,12+,13+,14-/m0/s1. The van der Waals surface area contributed by atoms with E-state index in [4.69, 9.17) is 0 Å². The summed E-state index contributed by atoms with van der Waals surface area (Å²) in [4.78, 5) is 12.0. The number of nitrogens with one attached hydrogen (secondary N) is 1. The molecule has 19 heavy (non-hydrogen) atoms. The molecule has 2 aliphatic rings. The lowest BCUT2D eigenvalue weighted by Gasteiger charge is -2.28. The van der Waals surface area contributed by atoms with E-state index in [1.54, 1.807) is 10.9 Å². The Bertz CT molecular complexity index is 468. The Morgan fingerprint density at radius 1 is 1.53 bits per heavy atom. The molecule has 1 heterocycles. The largest absolute Gasteiger partial charge is 0.352 e. The summed E-state index contributed by atoms with van der Waals surface area (Å²) in [5.74, 6) is 2.57. The van der Waals surface area contributed by atoms with Crippen molar-refractivity contribution in [1.29, 1.82) is 0 Å². The van der Waals surface area contributed by atoms with Crippen LogP contribution in [0, 0.1) is 24.7 Å². The average Bonchev–Trinajstić information content (AvgIpc) is 3.05. The zero-order valence-corrected chi connectivity index (χ0v) is 11.8.